The minimum absolute atomic E-state index is 0.188. The molecule has 0 bridgehead atoms. The van der Waals surface area contributed by atoms with Crippen LogP contribution in [0.1, 0.15) is 25.8 Å². The Kier molecular flexibility index (Phi) is 8.85. The van der Waals surface area contributed by atoms with E-state index in [1.54, 1.807) is 34.1 Å². The number of likely N-dealkylation sites (tertiary alicyclic amines) is 1. The maximum atomic E-state index is 15.1. The second-order valence-electron chi connectivity index (χ2n) is 13.0. The summed E-state index contributed by atoms with van der Waals surface area (Å²) in [4.78, 5) is 49.8. The molecule has 7 rings (SSSR count). The highest BCUT2D eigenvalue weighted by Gasteiger charge is 2.76. The molecule has 4 aliphatic heterocycles. The van der Waals surface area contributed by atoms with Crippen molar-refractivity contribution in [1.29, 1.82) is 0 Å². The zero-order valence-electron chi connectivity index (χ0n) is 27.6. The first kappa shape index (κ1) is 33.1. The molecule has 254 valence electrons. The first-order valence-corrected chi connectivity index (χ1v) is 17.3. The zero-order chi connectivity index (χ0) is 34.3. The van der Waals surface area contributed by atoms with Crippen LogP contribution in [0.5, 0.6) is 5.75 Å². The van der Waals surface area contributed by atoms with Crippen LogP contribution in [0.15, 0.2) is 103 Å². The summed E-state index contributed by atoms with van der Waals surface area (Å²) >= 11 is 6.64. The van der Waals surface area contributed by atoms with E-state index in [1.807, 2.05) is 92.7 Å². The molecule has 2 saturated heterocycles. The molecule has 1 spiro atoms. The van der Waals surface area contributed by atoms with Gasteiger partial charge in [-0.15, -0.1) is 0 Å². The number of aliphatic hydroxyl groups is 1. The van der Waals surface area contributed by atoms with Gasteiger partial charge in [-0.3, -0.25) is 14.4 Å². The van der Waals surface area contributed by atoms with E-state index in [2.05, 4.69) is 0 Å². The van der Waals surface area contributed by atoms with E-state index in [-0.39, 0.29) is 24.9 Å². The molecular formula is C39H40ClN3O6. The molecule has 3 aromatic rings. The molecule has 0 saturated carbocycles. The lowest BCUT2D eigenvalue weighted by Crippen LogP contribution is -2.59. The number of hydrogen-bond donors (Lipinski definition) is 1. The number of anilines is 2. The van der Waals surface area contributed by atoms with E-state index >= 15 is 9.59 Å². The quantitative estimate of drug-likeness (QED) is 0.312. The van der Waals surface area contributed by atoms with Crippen molar-refractivity contribution < 1.29 is 29.0 Å². The van der Waals surface area contributed by atoms with Crippen molar-refractivity contribution in [2.24, 2.45) is 11.8 Å². The van der Waals surface area contributed by atoms with Crippen LogP contribution in [0, 0.1) is 11.8 Å². The molecule has 4 aliphatic rings. The summed E-state index contributed by atoms with van der Waals surface area (Å²) in [7, 11) is 0. The predicted molar refractivity (Wildman–Crippen MR) is 188 cm³/mol. The van der Waals surface area contributed by atoms with Gasteiger partial charge in [-0.25, -0.2) is 0 Å². The number of ether oxygens (including phenoxy) is 2. The Bertz CT molecular complexity index is 1800. The molecule has 49 heavy (non-hydrogen) atoms. The molecular weight excluding hydrogens is 642 g/mol. The van der Waals surface area contributed by atoms with Crippen LogP contribution in [0.2, 0.25) is 5.02 Å². The molecule has 1 unspecified atom stereocenters. The van der Waals surface area contributed by atoms with Crippen molar-refractivity contribution in [3.05, 3.63) is 114 Å². The van der Waals surface area contributed by atoms with Gasteiger partial charge in [0.15, 0.2) is 0 Å². The van der Waals surface area contributed by atoms with Crippen molar-refractivity contribution in [2.75, 3.05) is 36.1 Å². The normalized spacial score (nSPS) is 28.2. The van der Waals surface area contributed by atoms with E-state index in [0.29, 0.717) is 41.6 Å². The molecule has 4 heterocycles. The topological polar surface area (TPSA) is 99.6 Å². The van der Waals surface area contributed by atoms with Gasteiger partial charge in [-0.1, -0.05) is 85.3 Å². The van der Waals surface area contributed by atoms with Gasteiger partial charge in [-0.05, 0) is 61.7 Å². The monoisotopic (exact) mass is 681 g/mol. The number of nitrogens with zero attached hydrogens (tertiary/aromatic N) is 3. The average molecular weight is 682 g/mol. The zero-order valence-corrected chi connectivity index (χ0v) is 28.3. The van der Waals surface area contributed by atoms with Gasteiger partial charge in [0.1, 0.15) is 17.4 Å². The average Bonchev–Trinajstić information content (AvgIpc) is 3.41. The van der Waals surface area contributed by atoms with Crippen molar-refractivity contribution in [3.8, 4) is 5.75 Å². The molecule has 0 radical (unpaired) electrons. The van der Waals surface area contributed by atoms with Crippen LogP contribution >= 0.6 is 11.6 Å². The third-order valence-corrected chi connectivity index (χ3v) is 10.7. The Balaban J connectivity index is 1.36. The first-order valence-electron chi connectivity index (χ1n) is 16.9. The molecule has 10 heteroatoms. The predicted octanol–water partition coefficient (Wildman–Crippen LogP) is 5.21. The number of fused-ring (bicyclic) bond motifs is 2. The van der Waals surface area contributed by atoms with Gasteiger partial charge in [0.25, 0.3) is 5.91 Å². The fraction of sp³-hybridized carbons (Fsp3) is 0.359. The maximum Gasteiger partial charge on any atom is 0.253 e. The van der Waals surface area contributed by atoms with E-state index in [4.69, 9.17) is 21.1 Å². The highest BCUT2D eigenvalue weighted by atomic mass is 35.5. The van der Waals surface area contributed by atoms with Crippen molar-refractivity contribution in [3.63, 3.8) is 0 Å². The second-order valence-corrected chi connectivity index (χ2v) is 13.4. The number of para-hydroxylation sites is 1. The number of benzene rings is 3. The summed E-state index contributed by atoms with van der Waals surface area (Å²) in [5.41, 5.74) is -0.569. The fourth-order valence-corrected chi connectivity index (χ4v) is 8.48. The summed E-state index contributed by atoms with van der Waals surface area (Å²) in [5, 5.41) is 11.3. The van der Waals surface area contributed by atoms with Gasteiger partial charge < -0.3 is 29.3 Å². The highest BCUT2D eigenvalue weighted by molar-refractivity contribution is 6.34. The minimum atomic E-state index is -1.49. The Morgan fingerprint density at radius 1 is 0.857 bits per heavy atom. The van der Waals surface area contributed by atoms with Crippen LogP contribution in [-0.2, 0) is 25.5 Å². The maximum absolute atomic E-state index is 15.1. The van der Waals surface area contributed by atoms with Gasteiger partial charge in [0, 0.05) is 18.8 Å². The van der Waals surface area contributed by atoms with E-state index < -0.39 is 47.6 Å². The largest absolute Gasteiger partial charge is 0.494 e. The Morgan fingerprint density at radius 2 is 1.55 bits per heavy atom. The molecule has 2 fully saturated rings. The number of aliphatic hydroxyl groups excluding tert-OH is 1. The molecule has 3 aromatic carbocycles. The van der Waals surface area contributed by atoms with Gasteiger partial charge >= 0.3 is 0 Å². The Labute approximate surface area is 291 Å². The van der Waals surface area contributed by atoms with Crippen LogP contribution in [0.3, 0.4) is 0 Å². The van der Waals surface area contributed by atoms with Crippen LogP contribution in [0.25, 0.3) is 0 Å². The van der Waals surface area contributed by atoms with E-state index in [1.165, 1.54) is 4.90 Å². The standard InChI is InChI=1S/C39H40ClN3O6/c1-3-38-20-10-22-41(27-16-18-29(19-17-27)48-4-2)35(45)32(38)33-36(46)43(28(25-44)24-26-12-6-5-7-13-26)34-37(47)42(23-11-21-39(33,34)49-38)31-15-9-8-14-30(31)40/h5-21,28,32-34,44H,3-4,22-25H2,1-2H3/t28-,32+,33+,34?,38-,39+/m1/s1. The third kappa shape index (κ3) is 5.35. The van der Waals surface area contributed by atoms with Crippen LogP contribution < -0.4 is 14.5 Å². The molecule has 3 amide bonds. The minimum Gasteiger partial charge on any atom is -0.494 e. The molecule has 6 atom stereocenters. The number of rotatable bonds is 9. The number of halogens is 1. The SMILES string of the molecule is CCOc1ccc(N2CC=C[C@@]3(CC)O[C@]45C=CCN(c6ccccc6Cl)C(=O)C4N([C@@H](CO)Cc4ccccc4)C(=O)[C@@H]5[C@H]3C2=O)cc1. The van der Waals surface area contributed by atoms with Crippen LogP contribution in [0.4, 0.5) is 11.4 Å². The summed E-state index contributed by atoms with van der Waals surface area (Å²) in [6, 6.07) is 22.0. The van der Waals surface area contributed by atoms with Crippen molar-refractivity contribution in [2.45, 2.75) is 50.0 Å². The molecule has 9 nitrogen and oxygen atoms in total. The van der Waals surface area contributed by atoms with Gasteiger partial charge in [-0.2, -0.15) is 0 Å². The van der Waals surface area contributed by atoms with E-state index in [0.717, 1.165) is 5.56 Å². The highest BCUT2D eigenvalue weighted by Crippen LogP contribution is 2.59. The smallest absolute Gasteiger partial charge is 0.253 e. The second kappa shape index (κ2) is 13.1. The first-order chi connectivity index (χ1) is 23.8. The lowest BCUT2D eigenvalue weighted by molar-refractivity contribution is -0.149. The molecule has 0 aliphatic carbocycles. The van der Waals surface area contributed by atoms with Crippen molar-refractivity contribution in [1.82, 2.24) is 4.90 Å². The summed E-state index contributed by atoms with van der Waals surface area (Å²) in [6.45, 7) is 4.46. The Hall–Kier alpha value is -4.44. The summed E-state index contributed by atoms with van der Waals surface area (Å²) < 4.78 is 12.8. The summed E-state index contributed by atoms with van der Waals surface area (Å²) in [5.74, 6) is -2.32. The molecule has 1 N–H and O–H groups in total. The van der Waals surface area contributed by atoms with Crippen LogP contribution in [-0.4, -0.2) is 77.3 Å². The number of hydrogen-bond acceptors (Lipinski definition) is 6. The van der Waals surface area contributed by atoms with Gasteiger partial charge in [0.05, 0.1) is 47.4 Å². The third-order valence-electron chi connectivity index (χ3n) is 10.4. The summed E-state index contributed by atoms with van der Waals surface area (Å²) in [6.07, 6.45) is 8.19. The lowest BCUT2D eigenvalue weighted by atomic mass is 9.73. The Morgan fingerprint density at radius 3 is 2.24 bits per heavy atom. The van der Waals surface area contributed by atoms with Crippen molar-refractivity contribution >= 4 is 40.7 Å². The molecule has 0 aromatic heterocycles. The number of carbonyl (C=O) groups is 3. The van der Waals surface area contributed by atoms with Gasteiger partial charge in [0.2, 0.25) is 11.8 Å². The fourth-order valence-electron chi connectivity index (χ4n) is 8.24. The number of carbonyl (C=O) groups excluding carboxylic acids is 3. The lowest BCUT2D eigenvalue weighted by Gasteiger charge is -2.41. The van der Waals surface area contributed by atoms with E-state index in [9.17, 15) is 9.90 Å². The number of amides is 3.